The quantitative estimate of drug-likeness (QED) is 0.475. The van der Waals surface area contributed by atoms with Crippen LogP contribution < -0.4 is 10.6 Å². The smallest absolute Gasteiger partial charge is 0.224 e. The van der Waals surface area contributed by atoms with Crippen LogP contribution in [-0.2, 0) is 4.79 Å². The number of rotatable bonds is 0. The summed E-state index contributed by atoms with van der Waals surface area (Å²) in [4.78, 5) is 11.1. The Morgan fingerprint density at radius 3 is 3.00 bits per heavy atom. The summed E-state index contributed by atoms with van der Waals surface area (Å²) in [6.07, 6.45) is 2.23. The van der Waals surface area contributed by atoms with E-state index in [2.05, 4.69) is 10.6 Å². The number of piperidine rings is 1. The van der Waals surface area contributed by atoms with Gasteiger partial charge in [-0.1, -0.05) is 0 Å². The Balaban J connectivity index is 2.15. The van der Waals surface area contributed by atoms with Crippen molar-refractivity contribution in [2.75, 3.05) is 13.1 Å². The molecule has 0 unspecified atom stereocenters. The third kappa shape index (κ3) is 0.904. The number of carbonyl (C=O) groups is 1. The molecule has 0 aromatic rings. The van der Waals surface area contributed by atoms with Crippen LogP contribution in [0.25, 0.3) is 0 Å². The molecule has 3 saturated heterocycles. The number of hydrogen-bond acceptors (Lipinski definition) is 2. The molecule has 56 valence electrons. The Labute approximate surface area is 60.2 Å². The number of fused-ring (bicyclic) bond motifs is 4. The van der Waals surface area contributed by atoms with Gasteiger partial charge in [-0.2, -0.15) is 0 Å². The van der Waals surface area contributed by atoms with E-state index >= 15 is 0 Å². The Morgan fingerprint density at radius 2 is 2.20 bits per heavy atom. The Hall–Kier alpha value is -0.570. The predicted molar refractivity (Wildman–Crippen MR) is 37.5 cm³/mol. The Kier molecular flexibility index (Phi) is 1.38. The summed E-state index contributed by atoms with van der Waals surface area (Å²) in [6, 6.07) is 0.409. The lowest BCUT2D eigenvalue weighted by atomic mass is 9.96. The average Bonchev–Trinajstić information content (AvgIpc) is 2.20. The van der Waals surface area contributed by atoms with Crippen molar-refractivity contribution < 1.29 is 4.79 Å². The van der Waals surface area contributed by atoms with Crippen LogP contribution >= 0.6 is 0 Å². The zero-order valence-electron chi connectivity index (χ0n) is 5.89. The molecule has 2 atom stereocenters. The van der Waals surface area contributed by atoms with Crippen LogP contribution in [0.3, 0.4) is 0 Å². The monoisotopic (exact) mass is 140 g/mol. The van der Waals surface area contributed by atoms with Crippen LogP contribution in [0.2, 0.25) is 0 Å². The largest absolute Gasteiger partial charge is 0.352 e. The van der Waals surface area contributed by atoms with E-state index in [1.807, 2.05) is 0 Å². The lowest BCUT2D eigenvalue weighted by molar-refractivity contribution is -0.126. The van der Waals surface area contributed by atoms with Gasteiger partial charge in [-0.3, -0.25) is 4.79 Å². The fraction of sp³-hybridized carbons (Fsp3) is 0.857. The normalized spacial score (nSPS) is 39.0. The lowest BCUT2D eigenvalue weighted by Crippen LogP contribution is -2.43. The van der Waals surface area contributed by atoms with Crippen LogP contribution in [0.5, 0.6) is 0 Å². The highest BCUT2D eigenvalue weighted by atomic mass is 16.2. The average molecular weight is 140 g/mol. The first-order chi connectivity index (χ1) is 4.86. The molecule has 3 rings (SSSR count). The molecular formula is C7H12N2O. The second kappa shape index (κ2) is 2.23. The van der Waals surface area contributed by atoms with Gasteiger partial charge in [0.05, 0.1) is 5.92 Å². The fourth-order valence-electron chi connectivity index (χ4n) is 1.70. The van der Waals surface area contributed by atoms with E-state index in [-0.39, 0.29) is 11.8 Å². The molecule has 0 saturated carbocycles. The number of carbonyl (C=O) groups excluding carboxylic acids is 1. The molecule has 3 heterocycles. The number of hydrogen-bond donors (Lipinski definition) is 2. The zero-order chi connectivity index (χ0) is 6.97. The van der Waals surface area contributed by atoms with E-state index < -0.39 is 0 Å². The summed E-state index contributed by atoms with van der Waals surface area (Å²) in [5.74, 6) is 0.500. The molecule has 0 aliphatic carbocycles. The van der Waals surface area contributed by atoms with Gasteiger partial charge < -0.3 is 10.6 Å². The highest BCUT2D eigenvalue weighted by Gasteiger charge is 2.30. The zero-order valence-corrected chi connectivity index (χ0v) is 5.89. The first-order valence-corrected chi connectivity index (χ1v) is 3.87. The van der Waals surface area contributed by atoms with Crippen LogP contribution in [0.4, 0.5) is 0 Å². The van der Waals surface area contributed by atoms with Crippen molar-refractivity contribution in [3.05, 3.63) is 0 Å². The van der Waals surface area contributed by atoms with E-state index in [1.54, 1.807) is 0 Å². The fourth-order valence-corrected chi connectivity index (χ4v) is 1.70. The van der Waals surface area contributed by atoms with E-state index in [4.69, 9.17) is 0 Å². The molecule has 3 fully saturated rings. The van der Waals surface area contributed by atoms with Gasteiger partial charge in [-0.05, 0) is 12.8 Å². The molecule has 10 heavy (non-hydrogen) atoms. The summed E-state index contributed by atoms with van der Waals surface area (Å²) >= 11 is 0. The summed E-state index contributed by atoms with van der Waals surface area (Å²) < 4.78 is 0. The van der Waals surface area contributed by atoms with Gasteiger partial charge in [0.25, 0.3) is 0 Å². The topological polar surface area (TPSA) is 41.1 Å². The van der Waals surface area contributed by atoms with Crippen LogP contribution in [0.1, 0.15) is 12.8 Å². The van der Waals surface area contributed by atoms with Crippen LogP contribution in [0, 0.1) is 5.92 Å². The van der Waals surface area contributed by atoms with Gasteiger partial charge in [-0.25, -0.2) is 0 Å². The lowest BCUT2D eigenvalue weighted by Gasteiger charge is -2.22. The third-order valence-corrected chi connectivity index (χ3v) is 2.36. The minimum absolute atomic E-state index is 0.249. The molecule has 3 aliphatic rings. The minimum atomic E-state index is 0.249. The van der Waals surface area contributed by atoms with Crippen molar-refractivity contribution >= 4 is 5.91 Å². The summed E-state index contributed by atoms with van der Waals surface area (Å²) in [7, 11) is 0. The summed E-state index contributed by atoms with van der Waals surface area (Å²) in [5.41, 5.74) is 0. The second-order valence-electron chi connectivity index (χ2n) is 3.14. The third-order valence-electron chi connectivity index (χ3n) is 2.36. The van der Waals surface area contributed by atoms with Gasteiger partial charge in [0.15, 0.2) is 0 Å². The van der Waals surface area contributed by atoms with Gasteiger partial charge >= 0.3 is 0 Å². The molecular weight excluding hydrogens is 128 g/mol. The second-order valence-corrected chi connectivity index (χ2v) is 3.14. The maximum Gasteiger partial charge on any atom is 0.224 e. The van der Waals surface area contributed by atoms with Gasteiger partial charge in [0.2, 0.25) is 5.91 Å². The molecule has 2 bridgehead atoms. The molecule has 3 aliphatic heterocycles. The molecule has 3 nitrogen and oxygen atoms in total. The summed E-state index contributed by atoms with van der Waals surface area (Å²) in [6.45, 7) is 1.84. The van der Waals surface area contributed by atoms with Crippen molar-refractivity contribution in [2.24, 2.45) is 5.92 Å². The van der Waals surface area contributed by atoms with Gasteiger partial charge in [-0.15, -0.1) is 0 Å². The first kappa shape index (κ1) is 6.16. The molecule has 0 aromatic carbocycles. The predicted octanol–water partition coefficient (Wildman–Crippen LogP) is -0.516. The Bertz CT molecular complexity index is 154. The first-order valence-electron chi connectivity index (χ1n) is 3.87. The molecule has 1 amide bonds. The molecule has 3 heteroatoms. The van der Waals surface area contributed by atoms with E-state index in [1.165, 1.54) is 0 Å². The number of nitrogens with one attached hydrogen (secondary N) is 2. The Morgan fingerprint density at radius 1 is 1.30 bits per heavy atom. The maximum atomic E-state index is 11.1. The molecule has 0 spiro atoms. The number of amides is 1. The minimum Gasteiger partial charge on any atom is -0.352 e. The molecule has 2 N–H and O–H groups in total. The summed E-state index contributed by atoms with van der Waals surface area (Å²) in [5, 5.41) is 6.23. The van der Waals surface area contributed by atoms with E-state index in [9.17, 15) is 4.79 Å². The van der Waals surface area contributed by atoms with Gasteiger partial charge in [0.1, 0.15) is 0 Å². The van der Waals surface area contributed by atoms with Crippen molar-refractivity contribution in [2.45, 2.75) is 18.9 Å². The molecule has 0 aromatic heterocycles. The van der Waals surface area contributed by atoms with E-state index in [0.29, 0.717) is 6.04 Å². The van der Waals surface area contributed by atoms with Crippen molar-refractivity contribution in [3.8, 4) is 0 Å². The molecule has 0 radical (unpaired) electrons. The standard InChI is InChI=1S/C7H12N2O/c10-7-5-1-2-6(9-7)4-8-3-5/h5-6,8H,1-4H2,(H,9,10)/t5-,6-/m0/s1. The SMILES string of the molecule is O=C1N[C@H]2CC[C@H]1CNC2. The van der Waals surface area contributed by atoms with Crippen LogP contribution in [-0.4, -0.2) is 25.0 Å². The van der Waals surface area contributed by atoms with Gasteiger partial charge in [0, 0.05) is 19.1 Å². The van der Waals surface area contributed by atoms with Crippen molar-refractivity contribution in [3.63, 3.8) is 0 Å². The van der Waals surface area contributed by atoms with Crippen LogP contribution in [0.15, 0.2) is 0 Å². The maximum absolute atomic E-state index is 11.1. The van der Waals surface area contributed by atoms with Crippen molar-refractivity contribution in [1.29, 1.82) is 0 Å². The van der Waals surface area contributed by atoms with E-state index in [0.717, 1.165) is 25.9 Å². The highest BCUT2D eigenvalue weighted by Crippen LogP contribution is 2.17. The highest BCUT2D eigenvalue weighted by molar-refractivity contribution is 5.80. The van der Waals surface area contributed by atoms with Crippen molar-refractivity contribution in [1.82, 2.24) is 10.6 Å².